The smallest absolute Gasteiger partial charge is 0.322 e. The van der Waals surface area contributed by atoms with Crippen LogP contribution in [0, 0.1) is 0 Å². The SMILES string of the molecule is CCCNCCC1NC(=O)NC1=O. The first-order valence-electron chi connectivity index (χ1n) is 4.56. The maximum Gasteiger partial charge on any atom is 0.322 e. The molecule has 1 rings (SSSR count). The Morgan fingerprint density at radius 3 is 2.69 bits per heavy atom. The average Bonchev–Trinajstić information content (AvgIpc) is 2.39. The predicted octanol–water partition coefficient (Wildman–Crippen LogP) is -0.416. The molecule has 1 atom stereocenters. The Bertz CT molecular complexity index is 206. The van der Waals surface area contributed by atoms with Gasteiger partial charge in [-0.25, -0.2) is 4.79 Å². The number of urea groups is 1. The third-order valence-corrected chi connectivity index (χ3v) is 1.90. The quantitative estimate of drug-likeness (QED) is 0.402. The van der Waals surface area contributed by atoms with Crippen LogP contribution in [-0.2, 0) is 4.79 Å². The molecule has 1 aliphatic rings. The molecule has 13 heavy (non-hydrogen) atoms. The molecule has 74 valence electrons. The van der Waals surface area contributed by atoms with Crippen LogP contribution in [0.15, 0.2) is 0 Å². The van der Waals surface area contributed by atoms with E-state index < -0.39 is 0 Å². The highest BCUT2D eigenvalue weighted by Crippen LogP contribution is 1.96. The number of imide groups is 1. The summed E-state index contributed by atoms with van der Waals surface area (Å²) < 4.78 is 0. The summed E-state index contributed by atoms with van der Waals surface area (Å²) in [7, 11) is 0. The molecular formula is C8H15N3O2. The van der Waals surface area contributed by atoms with Crippen LogP contribution in [-0.4, -0.2) is 31.1 Å². The lowest BCUT2D eigenvalue weighted by Crippen LogP contribution is -2.32. The van der Waals surface area contributed by atoms with E-state index in [0.29, 0.717) is 6.42 Å². The molecule has 0 bridgehead atoms. The molecule has 5 nitrogen and oxygen atoms in total. The molecule has 3 N–H and O–H groups in total. The number of amides is 3. The number of carbonyl (C=O) groups is 2. The normalized spacial score (nSPS) is 21.5. The summed E-state index contributed by atoms with van der Waals surface area (Å²) >= 11 is 0. The van der Waals surface area contributed by atoms with Gasteiger partial charge in [0.15, 0.2) is 0 Å². The third-order valence-electron chi connectivity index (χ3n) is 1.90. The summed E-state index contributed by atoms with van der Waals surface area (Å²) in [6.07, 6.45) is 1.72. The van der Waals surface area contributed by atoms with Crippen LogP contribution < -0.4 is 16.0 Å². The highest BCUT2D eigenvalue weighted by atomic mass is 16.2. The summed E-state index contributed by atoms with van der Waals surface area (Å²) in [6.45, 7) is 3.78. The van der Waals surface area contributed by atoms with Gasteiger partial charge in [0.2, 0.25) is 0 Å². The first-order chi connectivity index (χ1) is 6.24. The van der Waals surface area contributed by atoms with Gasteiger partial charge in [0.25, 0.3) is 5.91 Å². The van der Waals surface area contributed by atoms with Crippen molar-refractivity contribution in [1.82, 2.24) is 16.0 Å². The van der Waals surface area contributed by atoms with Crippen LogP contribution in [0.3, 0.4) is 0 Å². The maximum atomic E-state index is 11.0. The fourth-order valence-corrected chi connectivity index (χ4v) is 1.21. The van der Waals surface area contributed by atoms with Crippen molar-refractivity contribution in [2.24, 2.45) is 0 Å². The number of carbonyl (C=O) groups excluding carboxylic acids is 2. The summed E-state index contributed by atoms with van der Waals surface area (Å²) in [4.78, 5) is 21.7. The molecule has 1 heterocycles. The van der Waals surface area contributed by atoms with Crippen molar-refractivity contribution >= 4 is 11.9 Å². The summed E-state index contributed by atoms with van der Waals surface area (Å²) in [5.74, 6) is -0.219. The second kappa shape index (κ2) is 4.81. The first-order valence-corrected chi connectivity index (χ1v) is 4.56. The summed E-state index contributed by atoms with van der Waals surface area (Å²) in [5, 5.41) is 7.90. The molecular weight excluding hydrogens is 170 g/mol. The van der Waals surface area contributed by atoms with Gasteiger partial charge in [-0.3, -0.25) is 10.1 Å². The van der Waals surface area contributed by atoms with Gasteiger partial charge in [-0.1, -0.05) is 6.92 Å². The molecule has 0 radical (unpaired) electrons. The van der Waals surface area contributed by atoms with E-state index in [1.54, 1.807) is 0 Å². The Labute approximate surface area is 77.3 Å². The summed E-state index contributed by atoms with van der Waals surface area (Å²) in [6, 6.07) is -0.734. The lowest BCUT2D eigenvalue weighted by atomic mass is 10.2. The van der Waals surface area contributed by atoms with Gasteiger partial charge in [-0.05, 0) is 25.9 Å². The molecule has 1 unspecified atom stereocenters. The molecule has 1 aliphatic heterocycles. The monoisotopic (exact) mass is 185 g/mol. The zero-order valence-corrected chi connectivity index (χ0v) is 7.72. The number of hydrogen-bond donors (Lipinski definition) is 3. The molecule has 0 aromatic rings. The van der Waals surface area contributed by atoms with Crippen LogP contribution in [0.25, 0.3) is 0 Å². The highest BCUT2D eigenvalue weighted by molar-refractivity contribution is 6.04. The second-order valence-electron chi connectivity index (χ2n) is 3.05. The molecule has 0 aromatic carbocycles. The Kier molecular flexibility index (Phi) is 3.70. The van der Waals surface area contributed by atoms with Gasteiger partial charge in [0.05, 0.1) is 0 Å². The van der Waals surface area contributed by atoms with Gasteiger partial charge in [-0.15, -0.1) is 0 Å². The van der Waals surface area contributed by atoms with Crippen molar-refractivity contribution in [2.75, 3.05) is 13.1 Å². The molecule has 0 aromatic heterocycles. The van der Waals surface area contributed by atoms with Crippen molar-refractivity contribution in [3.63, 3.8) is 0 Å². The second-order valence-corrected chi connectivity index (χ2v) is 3.05. The first kappa shape index (κ1) is 9.98. The maximum absolute atomic E-state index is 11.0. The predicted molar refractivity (Wildman–Crippen MR) is 48.2 cm³/mol. The standard InChI is InChI=1S/C8H15N3O2/c1-2-4-9-5-3-6-7(12)11-8(13)10-6/h6,9H,2-5H2,1H3,(H2,10,11,12,13). The van der Waals surface area contributed by atoms with E-state index in [0.717, 1.165) is 19.5 Å². The van der Waals surface area contributed by atoms with Crippen LogP contribution >= 0.6 is 0 Å². The van der Waals surface area contributed by atoms with Crippen LogP contribution in [0.5, 0.6) is 0 Å². The molecule has 1 saturated heterocycles. The topological polar surface area (TPSA) is 70.2 Å². The van der Waals surface area contributed by atoms with Gasteiger partial charge in [0.1, 0.15) is 6.04 Å². The van der Waals surface area contributed by atoms with E-state index in [1.165, 1.54) is 0 Å². The van der Waals surface area contributed by atoms with Crippen molar-refractivity contribution in [1.29, 1.82) is 0 Å². The fraction of sp³-hybridized carbons (Fsp3) is 0.750. The van der Waals surface area contributed by atoms with Crippen LogP contribution in [0.2, 0.25) is 0 Å². The van der Waals surface area contributed by atoms with E-state index >= 15 is 0 Å². The summed E-state index contributed by atoms with van der Waals surface area (Å²) in [5.41, 5.74) is 0. The lowest BCUT2D eigenvalue weighted by Gasteiger charge is -2.06. The fourth-order valence-electron chi connectivity index (χ4n) is 1.21. The minimum absolute atomic E-state index is 0.219. The molecule has 3 amide bonds. The molecule has 0 aliphatic carbocycles. The van der Waals surface area contributed by atoms with Gasteiger partial charge in [-0.2, -0.15) is 0 Å². The van der Waals surface area contributed by atoms with Crippen LogP contribution in [0.4, 0.5) is 4.79 Å². The van der Waals surface area contributed by atoms with E-state index in [2.05, 4.69) is 22.9 Å². The Morgan fingerprint density at radius 1 is 1.38 bits per heavy atom. The number of rotatable bonds is 5. The van der Waals surface area contributed by atoms with Gasteiger partial charge in [0, 0.05) is 0 Å². The van der Waals surface area contributed by atoms with Crippen molar-refractivity contribution in [3.05, 3.63) is 0 Å². The highest BCUT2D eigenvalue weighted by Gasteiger charge is 2.28. The number of nitrogens with one attached hydrogen (secondary N) is 3. The van der Waals surface area contributed by atoms with Crippen molar-refractivity contribution in [3.8, 4) is 0 Å². The molecule has 1 fully saturated rings. The third kappa shape index (κ3) is 3.02. The molecule has 5 heteroatoms. The van der Waals surface area contributed by atoms with E-state index in [-0.39, 0.29) is 18.0 Å². The Morgan fingerprint density at radius 2 is 2.15 bits per heavy atom. The minimum Gasteiger partial charge on any atom is -0.326 e. The zero-order chi connectivity index (χ0) is 9.68. The van der Waals surface area contributed by atoms with Crippen LogP contribution in [0.1, 0.15) is 19.8 Å². The lowest BCUT2D eigenvalue weighted by molar-refractivity contribution is -0.120. The van der Waals surface area contributed by atoms with Crippen molar-refractivity contribution < 1.29 is 9.59 Å². The van der Waals surface area contributed by atoms with Gasteiger partial charge < -0.3 is 10.6 Å². The van der Waals surface area contributed by atoms with E-state index in [4.69, 9.17) is 0 Å². The minimum atomic E-state index is -0.384. The zero-order valence-electron chi connectivity index (χ0n) is 7.72. The number of hydrogen-bond acceptors (Lipinski definition) is 3. The van der Waals surface area contributed by atoms with E-state index in [1.807, 2.05) is 0 Å². The van der Waals surface area contributed by atoms with E-state index in [9.17, 15) is 9.59 Å². The Balaban J connectivity index is 2.14. The van der Waals surface area contributed by atoms with Gasteiger partial charge >= 0.3 is 6.03 Å². The molecule has 0 saturated carbocycles. The van der Waals surface area contributed by atoms with Crippen molar-refractivity contribution in [2.45, 2.75) is 25.8 Å². The average molecular weight is 185 g/mol. The largest absolute Gasteiger partial charge is 0.326 e. The Hall–Kier alpha value is -1.10. The molecule has 0 spiro atoms.